The summed E-state index contributed by atoms with van der Waals surface area (Å²) in [5.41, 5.74) is 24.3. The molecule has 1 aromatic rings. The van der Waals surface area contributed by atoms with Crippen LogP contribution in [-0.2, 0) is 68.7 Å². The van der Waals surface area contributed by atoms with Crippen LogP contribution in [0.3, 0.4) is 0 Å². The molecular weight excluding hydrogens is 1280 g/mol. The molecule has 0 spiro atoms. The van der Waals surface area contributed by atoms with Gasteiger partial charge in [0.05, 0.1) is 6.04 Å². The second-order valence-electron chi connectivity index (χ2n) is 28.0. The fraction of sp³-hybridized carbons (Fsp3) is 0.725. The van der Waals surface area contributed by atoms with Crippen molar-refractivity contribution in [3.8, 4) is 0 Å². The van der Waals surface area contributed by atoms with Gasteiger partial charge >= 0.3 is 5.97 Å². The zero-order valence-electron chi connectivity index (χ0n) is 61.1. The maximum Gasteiger partial charge on any atom is 0.326 e. The van der Waals surface area contributed by atoms with Crippen LogP contribution in [0.15, 0.2) is 30.3 Å². The van der Waals surface area contributed by atoms with E-state index < -0.39 is 155 Å². The van der Waals surface area contributed by atoms with Crippen molar-refractivity contribution < 1.29 is 67.4 Å². The molecule has 0 saturated heterocycles. The molecule has 12 amide bonds. The summed E-state index contributed by atoms with van der Waals surface area (Å²) in [6.45, 7) is 24.6. The standard InChI is InChI=1S/C69H122N16O14/c1-38(2)32-52(65(94)76-45(13)59(88)82-54(34-40(5)6)67(96)80-51(28-20-23-31-72)63(92)79-49(26-18-21-29-70)62(91)75-46(14)60(89)85-56(69(98)99)36-42(9)10)81-58(87)44(12)77-66(95)53(33-39(3)4)84-68(97)55(35-41(7)8)83-64(93)50(27-19-22-30-71)78-57(86)43(11)74-61(90)48(73)37-47-24-16-15-17-25-47/h15-17,24-25,38-46,48-56H,18-23,26-37,70-73H2,1-14H3,(H,74,90)(H,75,91)(H,76,94)(H,77,95)(H,78,86)(H,79,92)(H,80,96)(H,81,87)(H,82,88)(H,83,93)(H,84,97)(H,85,89)(H,98,99)/t43-,44-,45-,46-,48-,49-,50-,51-,52-,53-,54-,55-,56-/m0/s1. The quantitative estimate of drug-likeness (QED) is 0.0386. The molecule has 1 aromatic carbocycles. The van der Waals surface area contributed by atoms with Crippen LogP contribution in [0.4, 0.5) is 0 Å². The van der Waals surface area contributed by atoms with Crippen LogP contribution in [0, 0.1) is 29.6 Å². The van der Waals surface area contributed by atoms with E-state index in [0.717, 1.165) is 5.56 Å². The van der Waals surface area contributed by atoms with Crippen LogP contribution in [0.5, 0.6) is 0 Å². The smallest absolute Gasteiger partial charge is 0.326 e. The largest absolute Gasteiger partial charge is 0.480 e. The van der Waals surface area contributed by atoms with Gasteiger partial charge in [-0.25, -0.2) is 4.79 Å². The number of nitrogens with one attached hydrogen (secondary N) is 12. The molecule has 0 saturated carbocycles. The molecule has 0 aromatic heterocycles. The molecule has 0 fully saturated rings. The van der Waals surface area contributed by atoms with E-state index in [-0.39, 0.29) is 100 Å². The Hall–Kier alpha value is -7.83. The average Bonchev–Trinajstić information content (AvgIpc) is 0.869. The van der Waals surface area contributed by atoms with Crippen molar-refractivity contribution in [1.82, 2.24) is 63.8 Å². The molecule has 562 valence electrons. The van der Waals surface area contributed by atoms with Gasteiger partial charge in [0.2, 0.25) is 70.9 Å². The van der Waals surface area contributed by atoms with Crippen LogP contribution in [-0.4, -0.2) is 180 Å². The monoisotopic (exact) mass is 1400 g/mol. The lowest BCUT2D eigenvalue weighted by molar-refractivity contribution is -0.142. The zero-order valence-corrected chi connectivity index (χ0v) is 61.1. The van der Waals surface area contributed by atoms with Crippen LogP contribution in [0.1, 0.15) is 192 Å². The number of amides is 12. The van der Waals surface area contributed by atoms with Gasteiger partial charge in [0, 0.05) is 0 Å². The van der Waals surface area contributed by atoms with Crippen molar-refractivity contribution >= 4 is 76.9 Å². The molecule has 30 heteroatoms. The Labute approximate surface area is 585 Å². The number of unbranched alkanes of at least 4 members (excludes halogenated alkanes) is 3. The van der Waals surface area contributed by atoms with E-state index in [0.29, 0.717) is 45.1 Å². The van der Waals surface area contributed by atoms with Crippen LogP contribution >= 0.6 is 0 Å². The van der Waals surface area contributed by atoms with Gasteiger partial charge in [-0.1, -0.05) is 99.6 Å². The van der Waals surface area contributed by atoms with E-state index in [2.05, 4.69) is 63.8 Å². The Kier molecular flexibility index (Phi) is 42.6. The van der Waals surface area contributed by atoms with Crippen LogP contribution in [0.25, 0.3) is 0 Å². The summed E-state index contributed by atoms with van der Waals surface area (Å²) < 4.78 is 0. The van der Waals surface area contributed by atoms with Crippen LogP contribution in [0.2, 0.25) is 0 Å². The summed E-state index contributed by atoms with van der Waals surface area (Å²) in [5, 5.41) is 41.6. The first kappa shape index (κ1) is 89.2. The molecule has 0 heterocycles. The molecule has 1 rings (SSSR count). The third-order valence-electron chi connectivity index (χ3n) is 16.1. The number of carboxylic acid groups (broad SMARTS) is 1. The highest BCUT2D eigenvalue weighted by Crippen LogP contribution is 2.15. The molecule has 0 aliphatic rings. The highest BCUT2D eigenvalue weighted by molar-refractivity contribution is 5.99. The van der Waals surface area contributed by atoms with Crippen molar-refractivity contribution in [2.45, 2.75) is 272 Å². The first-order valence-corrected chi connectivity index (χ1v) is 35.2. The van der Waals surface area contributed by atoms with Crippen molar-refractivity contribution in [3.63, 3.8) is 0 Å². The fourth-order valence-corrected chi connectivity index (χ4v) is 10.6. The molecular formula is C69H122N16O14. The Morgan fingerprint density at radius 1 is 0.303 bits per heavy atom. The Bertz CT molecular complexity index is 2740. The number of benzene rings is 1. The second kappa shape index (κ2) is 47.3. The summed E-state index contributed by atoms with van der Waals surface area (Å²) in [4.78, 5) is 178. The van der Waals surface area contributed by atoms with Crippen molar-refractivity contribution in [3.05, 3.63) is 35.9 Å². The minimum absolute atomic E-state index is 0.0595. The van der Waals surface area contributed by atoms with Gasteiger partial charge in [-0.3, -0.25) is 57.5 Å². The zero-order chi connectivity index (χ0) is 75.2. The van der Waals surface area contributed by atoms with E-state index in [4.69, 9.17) is 22.9 Å². The van der Waals surface area contributed by atoms with Gasteiger partial charge in [0.1, 0.15) is 72.5 Å². The maximum absolute atomic E-state index is 14.2. The summed E-state index contributed by atoms with van der Waals surface area (Å²) in [6.07, 6.45) is 3.78. The molecule has 30 nitrogen and oxygen atoms in total. The Morgan fingerprint density at radius 2 is 0.525 bits per heavy atom. The van der Waals surface area contributed by atoms with Crippen molar-refractivity contribution in [1.29, 1.82) is 0 Å². The SMILES string of the molecule is CC(C)C[C@H](NC(=O)[C@H](C)NC(=O)[C@H](CCCCN)NC(=O)[C@H](CCCCN)NC(=O)[C@H](CC(C)C)NC(=O)[C@H](C)NC(=O)[C@H](CC(C)C)NC(=O)[C@H](C)NC(=O)[C@H](CC(C)C)NC(=O)[C@H](CC(C)C)NC(=O)[C@H](CCCCN)NC(=O)[C@H](C)NC(=O)[C@@H](N)Cc1ccccc1)C(=O)O. The van der Waals surface area contributed by atoms with Crippen molar-refractivity contribution in [2.24, 2.45) is 52.5 Å². The van der Waals surface area contributed by atoms with Crippen molar-refractivity contribution in [2.75, 3.05) is 19.6 Å². The minimum atomic E-state index is -1.29. The first-order chi connectivity index (χ1) is 46.4. The average molecular weight is 1400 g/mol. The topological polar surface area (TPSA) is 491 Å². The predicted octanol–water partition coefficient (Wildman–Crippen LogP) is 0.156. The van der Waals surface area contributed by atoms with E-state index in [1.807, 2.05) is 71.9 Å². The molecule has 21 N–H and O–H groups in total. The number of carbonyl (C=O) groups is 13. The van der Waals surface area contributed by atoms with Gasteiger partial charge in [0.25, 0.3) is 0 Å². The predicted molar refractivity (Wildman–Crippen MR) is 378 cm³/mol. The number of carboxylic acids is 1. The number of hydrogen-bond donors (Lipinski definition) is 17. The third-order valence-corrected chi connectivity index (χ3v) is 16.1. The van der Waals surface area contributed by atoms with Gasteiger partial charge < -0.3 is 91.8 Å². The number of rotatable bonds is 49. The van der Waals surface area contributed by atoms with Gasteiger partial charge in [-0.2, -0.15) is 0 Å². The van der Waals surface area contributed by atoms with E-state index in [1.54, 1.807) is 27.7 Å². The number of hydrogen-bond acceptors (Lipinski definition) is 17. The maximum atomic E-state index is 14.2. The van der Waals surface area contributed by atoms with E-state index in [1.165, 1.54) is 27.7 Å². The number of carbonyl (C=O) groups excluding carboxylic acids is 12. The highest BCUT2D eigenvalue weighted by Gasteiger charge is 2.36. The molecule has 13 atom stereocenters. The lowest BCUT2D eigenvalue weighted by Crippen LogP contribution is -2.60. The molecule has 0 aliphatic heterocycles. The molecule has 0 unspecified atom stereocenters. The van der Waals surface area contributed by atoms with Gasteiger partial charge in [-0.15, -0.1) is 0 Å². The summed E-state index contributed by atoms with van der Waals surface area (Å²) in [7, 11) is 0. The molecule has 99 heavy (non-hydrogen) atoms. The van der Waals surface area contributed by atoms with Gasteiger partial charge in [-0.05, 0) is 179 Å². The molecule has 0 radical (unpaired) electrons. The number of nitrogens with two attached hydrogens (primary N) is 4. The first-order valence-electron chi connectivity index (χ1n) is 35.2. The summed E-state index contributed by atoms with van der Waals surface area (Å²) in [5.74, 6) is -10.7. The third kappa shape index (κ3) is 36.2. The minimum Gasteiger partial charge on any atom is -0.480 e. The Balaban J connectivity index is 3.31. The molecule has 0 bridgehead atoms. The highest BCUT2D eigenvalue weighted by atomic mass is 16.4. The normalized spacial score (nSPS) is 15.4. The fourth-order valence-electron chi connectivity index (χ4n) is 10.6. The van der Waals surface area contributed by atoms with Crippen LogP contribution < -0.4 is 86.7 Å². The van der Waals surface area contributed by atoms with Gasteiger partial charge in [0.15, 0.2) is 0 Å². The number of aliphatic carboxylic acids is 1. The lowest BCUT2D eigenvalue weighted by Gasteiger charge is -2.28. The van der Waals surface area contributed by atoms with E-state index in [9.17, 15) is 67.4 Å². The summed E-state index contributed by atoms with van der Waals surface area (Å²) >= 11 is 0. The van der Waals surface area contributed by atoms with E-state index >= 15 is 0 Å². The lowest BCUT2D eigenvalue weighted by atomic mass is 9.99. The Morgan fingerprint density at radius 3 is 0.808 bits per heavy atom. The second-order valence-corrected chi connectivity index (χ2v) is 28.0. The molecule has 0 aliphatic carbocycles. The summed E-state index contributed by atoms with van der Waals surface area (Å²) in [6, 6.07) is -6.40.